The van der Waals surface area contributed by atoms with Crippen molar-refractivity contribution < 1.29 is 4.79 Å². The molecular formula is C27H33N5O. The Kier molecular flexibility index (Phi) is 4.75. The third kappa shape index (κ3) is 3.51. The van der Waals surface area contributed by atoms with Gasteiger partial charge in [-0.05, 0) is 82.3 Å². The van der Waals surface area contributed by atoms with E-state index in [1.807, 2.05) is 60.9 Å². The highest BCUT2D eigenvalue weighted by Gasteiger charge is 2.54. The van der Waals surface area contributed by atoms with E-state index in [-0.39, 0.29) is 17.4 Å². The number of nitrogens with zero attached hydrogens (tertiary/aromatic N) is 4. The van der Waals surface area contributed by atoms with Gasteiger partial charge in [-0.3, -0.25) is 9.48 Å². The average molecular weight is 444 g/mol. The molecule has 0 aliphatic heterocycles. The summed E-state index contributed by atoms with van der Waals surface area (Å²) in [5.74, 6) is 2.36. The number of nitrogens with one attached hydrogen (secondary N) is 1. The maximum atomic E-state index is 13.7. The summed E-state index contributed by atoms with van der Waals surface area (Å²) < 4.78 is 3.73. The molecule has 33 heavy (non-hydrogen) atoms. The van der Waals surface area contributed by atoms with E-state index in [9.17, 15) is 4.79 Å². The molecule has 1 aromatic carbocycles. The topological polar surface area (TPSA) is 64.7 Å². The van der Waals surface area contributed by atoms with Crippen LogP contribution in [0, 0.1) is 24.7 Å². The molecule has 1 atom stereocenters. The van der Waals surface area contributed by atoms with Gasteiger partial charge in [0.1, 0.15) is 0 Å². The predicted molar refractivity (Wildman–Crippen MR) is 127 cm³/mol. The lowest BCUT2D eigenvalue weighted by Gasteiger charge is -2.56. The minimum atomic E-state index is -0.115. The zero-order chi connectivity index (χ0) is 22.7. The Morgan fingerprint density at radius 3 is 2.24 bits per heavy atom. The van der Waals surface area contributed by atoms with Gasteiger partial charge in [-0.25, -0.2) is 4.68 Å². The van der Waals surface area contributed by atoms with Crippen LogP contribution < -0.4 is 5.32 Å². The Morgan fingerprint density at radius 1 is 1.03 bits per heavy atom. The molecule has 1 amide bonds. The number of amides is 1. The van der Waals surface area contributed by atoms with E-state index < -0.39 is 0 Å². The van der Waals surface area contributed by atoms with E-state index in [2.05, 4.69) is 22.5 Å². The first-order chi connectivity index (χ1) is 15.9. The molecule has 4 fully saturated rings. The number of hydrogen-bond donors (Lipinski definition) is 1. The highest BCUT2D eigenvalue weighted by atomic mass is 16.1. The number of carbonyl (C=O) groups excluding carboxylic acids is 1. The summed E-state index contributed by atoms with van der Waals surface area (Å²) in [6.45, 7) is 4.03. The second-order valence-corrected chi connectivity index (χ2v) is 10.9. The summed E-state index contributed by atoms with van der Waals surface area (Å²) in [4.78, 5) is 13.7. The first-order valence-corrected chi connectivity index (χ1v) is 12.4. The van der Waals surface area contributed by atoms with Crippen molar-refractivity contribution in [2.45, 2.75) is 63.8 Å². The predicted octanol–water partition coefficient (Wildman–Crippen LogP) is 4.87. The molecule has 7 rings (SSSR count). The quantitative estimate of drug-likeness (QED) is 0.612. The molecule has 3 aromatic rings. The van der Waals surface area contributed by atoms with Gasteiger partial charge < -0.3 is 5.32 Å². The first kappa shape index (κ1) is 20.7. The normalized spacial score (nSPS) is 28.8. The van der Waals surface area contributed by atoms with Crippen molar-refractivity contribution >= 4 is 5.91 Å². The summed E-state index contributed by atoms with van der Waals surface area (Å²) in [6.07, 6.45) is 11.6. The summed E-state index contributed by atoms with van der Waals surface area (Å²) in [5, 5.41) is 12.8. The van der Waals surface area contributed by atoms with Crippen LogP contribution in [0.1, 0.15) is 78.8 Å². The van der Waals surface area contributed by atoms with Crippen LogP contribution in [-0.4, -0.2) is 25.5 Å². The third-order valence-electron chi connectivity index (χ3n) is 8.39. The molecule has 4 saturated carbocycles. The summed E-state index contributed by atoms with van der Waals surface area (Å²) in [7, 11) is 1.92. The molecule has 6 heteroatoms. The van der Waals surface area contributed by atoms with Crippen LogP contribution in [0.15, 0.2) is 42.7 Å². The summed E-state index contributed by atoms with van der Waals surface area (Å²) in [5.41, 5.74) is 4.82. The zero-order valence-corrected chi connectivity index (χ0v) is 19.8. The Hall–Kier alpha value is -2.89. The highest BCUT2D eigenvalue weighted by Crippen LogP contribution is 2.60. The third-order valence-corrected chi connectivity index (χ3v) is 8.39. The van der Waals surface area contributed by atoms with E-state index in [0.29, 0.717) is 0 Å². The maximum Gasteiger partial charge on any atom is 0.255 e. The van der Waals surface area contributed by atoms with Crippen molar-refractivity contribution in [1.29, 1.82) is 0 Å². The second kappa shape index (κ2) is 7.57. The lowest BCUT2D eigenvalue weighted by molar-refractivity contribution is -0.00771. The van der Waals surface area contributed by atoms with Gasteiger partial charge in [0.2, 0.25) is 0 Å². The molecule has 4 bridgehead atoms. The molecule has 172 valence electrons. The number of aryl methyl sites for hydroxylation is 2. The van der Waals surface area contributed by atoms with Gasteiger partial charge in [0.05, 0.1) is 28.7 Å². The molecule has 1 unspecified atom stereocenters. The van der Waals surface area contributed by atoms with Crippen LogP contribution in [0.3, 0.4) is 0 Å². The monoisotopic (exact) mass is 443 g/mol. The molecular weight excluding hydrogens is 410 g/mol. The molecule has 2 aromatic heterocycles. The van der Waals surface area contributed by atoms with Crippen molar-refractivity contribution in [1.82, 2.24) is 24.9 Å². The molecule has 1 N–H and O–H groups in total. The van der Waals surface area contributed by atoms with Crippen LogP contribution in [0.25, 0.3) is 5.69 Å². The summed E-state index contributed by atoms with van der Waals surface area (Å²) in [6, 6.07) is 10.1. The van der Waals surface area contributed by atoms with Gasteiger partial charge >= 0.3 is 0 Å². The van der Waals surface area contributed by atoms with Gasteiger partial charge in [-0.15, -0.1) is 0 Å². The molecule has 0 radical (unpaired) electrons. The SMILES string of the molecule is Cc1nn(C)cc1C(C)NC(=O)c1cn(-c2ccccc2)nc1C12CC3CC(CC(C3)C1)C2. The van der Waals surface area contributed by atoms with Crippen LogP contribution in [0.4, 0.5) is 0 Å². The van der Waals surface area contributed by atoms with Gasteiger partial charge in [-0.2, -0.15) is 10.2 Å². The van der Waals surface area contributed by atoms with Crippen molar-refractivity contribution in [3.05, 3.63) is 65.2 Å². The van der Waals surface area contributed by atoms with E-state index in [1.165, 1.54) is 38.5 Å². The van der Waals surface area contributed by atoms with Gasteiger partial charge in [0.15, 0.2) is 0 Å². The molecule has 0 saturated heterocycles. The first-order valence-electron chi connectivity index (χ1n) is 12.4. The van der Waals surface area contributed by atoms with Crippen molar-refractivity contribution in [3.63, 3.8) is 0 Å². The van der Waals surface area contributed by atoms with Crippen LogP contribution in [0.2, 0.25) is 0 Å². The fourth-order valence-corrected chi connectivity index (χ4v) is 7.44. The fourth-order valence-electron chi connectivity index (χ4n) is 7.44. The molecule has 0 spiro atoms. The standard InChI is InChI=1S/C27H33N5O/c1-17(23-15-31(3)29-18(23)2)28-26(33)24-16-32(22-7-5-4-6-8-22)30-25(24)27-12-19-9-20(13-27)11-21(10-19)14-27/h4-8,15-17,19-21H,9-14H2,1-3H3,(H,28,33). The summed E-state index contributed by atoms with van der Waals surface area (Å²) >= 11 is 0. The van der Waals surface area contributed by atoms with E-state index in [1.54, 1.807) is 0 Å². The molecule has 6 nitrogen and oxygen atoms in total. The fraction of sp³-hybridized carbons (Fsp3) is 0.519. The van der Waals surface area contributed by atoms with Crippen molar-refractivity contribution in [3.8, 4) is 5.69 Å². The van der Waals surface area contributed by atoms with Gasteiger partial charge in [0.25, 0.3) is 5.91 Å². The second-order valence-electron chi connectivity index (χ2n) is 10.9. The van der Waals surface area contributed by atoms with Crippen molar-refractivity contribution in [2.24, 2.45) is 24.8 Å². The van der Waals surface area contributed by atoms with E-state index in [0.717, 1.165) is 46.0 Å². The number of carbonyl (C=O) groups is 1. The molecule has 4 aliphatic carbocycles. The smallest absolute Gasteiger partial charge is 0.255 e. The Balaban J connectivity index is 1.38. The lowest BCUT2D eigenvalue weighted by Crippen LogP contribution is -2.49. The number of para-hydroxylation sites is 1. The van der Waals surface area contributed by atoms with Crippen LogP contribution >= 0.6 is 0 Å². The van der Waals surface area contributed by atoms with Crippen LogP contribution in [-0.2, 0) is 12.5 Å². The number of hydrogen-bond acceptors (Lipinski definition) is 3. The van der Waals surface area contributed by atoms with Gasteiger partial charge in [0, 0.05) is 30.4 Å². The van der Waals surface area contributed by atoms with Gasteiger partial charge in [-0.1, -0.05) is 18.2 Å². The molecule has 4 aliphatic rings. The Morgan fingerprint density at radius 2 is 1.67 bits per heavy atom. The number of aromatic nitrogens is 4. The molecule has 2 heterocycles. The largest absolute Gasteiger partial charge is 0.345 e. The minimum Gasteiger partial charge on any atom is -0.345 e. The van der Waals surface area contributed by atoms with E-state index >= 15 is 0 Å². The van der Waals surface area contributed by atoms with E-state index in [4.69, 9.17) is 5.10 Å². The minimum absolute atomic E-state index is 0.0290. The lowest BCUT2D eigenvalue weighted by atomic mass is 9.48. The number of rotatable bonds is 5. The van der Waals surface area contributed by atoms with Crippen molar-refractivity contribution in [2.75, 3.05) is 0 Å². The zero-order valence-electron chi connectivity index (χ0n) is 19.8. The Labute approximate surface area is 195 Å². The highest BCUT2D eigenvalue weighted by molar-refractivity contribution is 5.96. The average Bonchev–Trinajstić information content (AvgIpc) is 3.37. The van der Waals surface area contributed by atoms with Crippen LogP contribution in [0.5, 0.6) is 0 Å². The maximum absolute atomic E-state index is 13.7. The Bertz CT molecular complexity index is 1160. The number of benzene rings is 1.